The molecule has 6 heteroatoms. The molecule has 3 heterocycles. The van der Waals surface area contributed by atoms with Crippen LogP contribution in [-0.4, -0.2) is 34.1 Å². The first kappa shape index (κ1) is 19.3. The van der Waals surface area contributed by atoms with Crippen LogP contribution in [0.25, 0.3) is 22.6 Å². The molecule has 0 spiro atoms. The Morgan fingerprint density at radius 3 is 2.35 bits per heavy atom. The topological polar surface area (TPSA) is 72.4 Å². The van der Waals surface area contributed by atoms with Gasteiger partial charge in [-0.25, -0.2) is 0 Å². The van der Waals surface area contributed by atoms with Crippen LogP contribution in [-0.2, 0) is 11.2 Å². The van der Waals surface area contributed by atoms with Crippen LogP contribution in [0.4, 0.5) is 0 Å². The highest BCUT2D eigenvalue weighted by atomic mass is 16.4. The highest BCUT2D eigenvalue weighted by Gasteiger charge is 2.27. The second-order valence-electron chi connectivity index (χ2n) is 7.85. The lowest BCUT2D eigenvalue weighted by atomic mass is 9.96. The summed E-state index contributed by atoms with van der Waals surface area (Å²) in [6.07, 6.45) is 5.24. The molecular formula is C25H23N3O3. The van der Waals surface area contributed by atoms with Gasteiger partial charge in [0, 0.05) is 19.0 Å². The molecule has 2 aromatic heterocycles. The van der Waals surface area contributed by atoms with Crippen molar-refractivity contribution in [2.45, 2.75) is 25.2 Å². The monoisotopic (exact) mass is 413 g/mol. The fourth-order valence-electron chi connectivity index (χ4n) is 4.01. The third-order valence-corrected chi connectivity index (χ3v) is 5.82. The molecule has 6 nitrogen and oxygen atoms in total. The summed E-state index contributed by atoms with van der Waals surface area (Å²) in [6, 6.07) is 20.3. The summed E-state index contributed by atoms with van der Waals surface area (Å²) in [5.74, 6) is 1.46. The molecule has 1 aliphatic rings. The Labute approximate surface area is 180 Å². The number of likely N-dealkylation sites (tertiary alicyclic amines) is 1. The summed E-state index contributed by atoms with van der Waals surface area (Å²) in [5.41, 5.74) is 4.16. The number of furan rings is 1. The molecule has 0 aliphatic carbocycles. The van der Waals surface area contributed by atoms with E-state index in [1.807, 2.05) is 35.2 Å². The normalized spacial score (nSPS) is 14.6. The molecule has 0 unspecified atom stereocenters. The highest BCUT2D eigenvalue weighted by Crippen LogP contribution is 2.30. The summed E-state index contributed by atoms with van der Waals surface area (Å²) >= 11 is 0. The zero-order valence-corrected chi connectivity index (χ0v) is 17.1. The second-order valence-corrected chi connectivity index (χ2v) is 7.85. The van der Waals surface area contributed by atoms with E-state index >= 15 is 0 Å². The number of rotatable bonds is 5. The van der Waals surface area contributed by atoms with Gasteiger partial charge in [-0.15, -0.1) is 10.2 Å². The molecular weight excluding hydrogens is 390 g/mol. The lowest BCUT2D eigenvalue weighted by Crippen LogP contribution is -2.38. The van der Waals surface area contributed by atoms with E-state index < -0.39 is 0 Å². The van der Waals surface area contributed by atoms with Crippen LogP contribution >= 0.6 is 0 Å². The van der Waals surface area contributed by atoms with Crippen molar-refractivity contribution < 1.29 is 13.6 Å². The van der Waals surface area contributed by atoms with E-state index in [1.165, 1.54) is 5.56 Å². The van der Waals surface area contributed by atoms with E-state index in [4.69, 9.17) is 8.83 Å². The third-order valence-electron chi connectivity index (χ3n) is 5.82. The van der Waals surface area contributed by atoms with E-state index in [1.54, 1.807) is 18.6 Å². The number of hydrogen-bond donors (Lipinski definition) is 0. The van der Waals surface area contributed by atoms with Gasteiger partial charge in [0.05, 0.1) is 18.2 Å². The van der Waals surface area contributed by atoms with E-state index in [0.29, 0.717) is 31.3 Å². The van der Waals surface area contributed by atoms with Crippen LogP contribution in [0.1, 0.15) is 30.2 Å². The number of carbonyl (C=O) groups is 1. The second kappa shape index (κ2) is 8.60. The van der Waals surface area contributed by atoms with Crippen LogP contribution in [0, 0.1) is 0 Å². The van der Waals surface area contributed by atoms with E-state index in [2.05, 4.69) is 34.5 Å². The zero-order valence-electron chi connectivity index (χ0n) is 17.1. The molecule has 1 saturated heterocycles. The van der Waals surface area contributed by atoms with Crippen molar-refractivity contribution in [3.8, 4) is 22.6 Å². The van der Waals surface area contributed by atoms with Gasteiger partial charge in [-0.1, -0.05) is 54.6 Å². The molecule has 1 aliphatic heterocycles. The number of carbonyl (C=O) groups excluding carboxylic acids is 1. The van der Waals surface area contributed by atoms with Gasteiger partial charge in [-0.2, -0.15) is 0 Å². The molecule has 2 aromatic carbocycles. The highest BCUT2D eigenvalue weighted by molar-refractivity contribution is 5.79. The van der Waals surface area contributed by atoms with Gasteiger partial charge >= 0.3 is 0 Å². The Kier molecular flexibility index (Phi) is 5.35. The Morgan fingerprint density at radius 2 is 1.65 bits per heavy atom. The van der Waals surface area contributed by atoms with Crippen molar-refractivity contribution in [2.75, 3.05) is 13.1 Å². The summed E-state index contributed by atoms with van der Waals surface area (Å²) in [5, 5.41) is 8.32. The lowest BCUT2D eigenvalue weighted by Gasteiger charge is -2.30. The minimum atomic E-state index is 0.163. The van der Waals surface area contributed by atoms with Crippen molar-refractivity contribution in [3.05, 3.63) is 84.6 Å². The Balaban J connectivity index is 1.16. The molecule has 0 atom stereocenters. The molecule has 0 radical (unpaired) electrons. The minimum Gasteiger partial charge on any atom is -0.472 e. The van der Waals surface area contributed by atoms with Crippen molar-refractivity contribution in [3.63, 3.8) is 0 Å². The molecule has 1 amide bonds. The van der Waals surface area contributed by atoms with Gasteiger partial charge < -0.3 is 13.7 Å². The summed E-state index contributed by atoms with van der Waals surface area (Å²) in [7, 11) is 0. The van der Waals surface area contributed by atoms with Gasteiger partial charge in [0.2, 0.25) is 11.8 Å². The Morgan fingerprint density at radius 1 is 0.903 bits per heavy atom. The quantitative estimate of drug-likeness (QED) is 0.463. The third kappa shape index (κ3) is 4.28. The van der Waals surface area contributed by atoms with Gasteiger partial charge in [-0.05, 0) is 35.6 Å². The average Bonchev–Trinajstić information content (AvgIpc) is 3.53. The standard InChI is InChI=1S/C25H23N3O3/c29-23(16-18-6-8-20(9-7-18)19-4-2-1-3-5-19)28-13-10-21(11-14-28)24-26-27-25(31-24)22-12-15-30-17-22/h1-9,12,15,17,21H,10-11,13-14,16H2. The maximum atomic E-state index is 12.8. The van der Waals surface area contributed by atoms with Crippen molar-refractivity contribution >= 4 is 5.91 Å². The first-order chi connectivity index (χ1) is 15.3. The van der Waals surface area contributed by atoms with Crippen molar-refractivity contribution in [1.29, 1.82) is 0 Å². The molecule has 0 saturated carbocycles. The molecule has 0 bridgehead atoms. The number of benzene rings is 2. The largest absolute Gasteiger partial charge is 0.472 e. The number of piperidine rings is 1. The zero-order chi connectivity index (χ0) is 21.0. The lowest BCUT2D eigenvalue weighted by molar-refractivity contribution is -0.131. The Bertz CT molecular complexity index is 1130. The molecule has 31 heavy (non-hydrogen) atoms. The summed E-state index contributed by atoms with van der Waals surface area (Å²) in [4.78, 5) is 14.7. The number of aromatic nitrogens is 2. The molecule has 1 fully saturated rings. The summed E-state index contributed by atoms with van der Waals surface area (Å²) < 4.78 is 10.9. The number of amides is 1. The number of nitrogens with zero attached hydrogens (tertiary/aromatic N) is 3. The fraction of sp³-hybridized carbons (Fsp3) is 0.240. The maximum absolute atomic E-state index is 12.8. The first-order valence-corrected chi connectivity index (χ1v) is 10.5. The molecule has 156 valence electrons. The molecule has 0 N–H and O–H groups in total. The van der Waals surface area contributed by atoms with E-state index in [0.717, 1.165) is 29.5 Å². The Hall–Kier alpha value is -3.67. The maximum Gasteiger partial charge on any atom is 0.250 e. The van der Waals surface area contributed by atoms with Crippen molar-refractivity contribution in [2.24, 2.45) is 0 Å². The predicted molar refractivity (Wildman–Crippen MR) is 116 cm³/mol. The fourth-order valence-corrected chi connectivity index (χ4v) is 4.01. The van der Waals surface area contributed by atoms with Crippen LogP contribution in [0.2, 0.25) is 0 Å². The van der Waals surface area contributed by atoms with Crippen LogP contribution in [0.5, 0.6) is 0 Å². The summed E-state index contributed by atoms with van der Waals surface area (Å²) in [6.45, 7) is 1.41. The van der Waals surface area contributed by atoms with Crippen LogP contribution in [0.15, 0.2) is 82.0 Å². The van der Waals surface area contributed by atoms with E-state index in [9.17, 15) is 4.79 Å². The average molecular weight is 413 g/mol. The minimum absolute atomic E-state index is 0.163. The smallest absolute Gasteiger partial charge is 0.250 e. The first-order valence-electron chi connectivity index (χ1n) is 10.5. The number of hydrogen-bond acceptors (Lipinski definition) is 5. The van der Waals surface area contributed by atoms with Crippen molar-refractivity contribution in [1.82, 2.24) is 15.1 Å². The van der Waals surface area contributed by atoms with E-state index in [-0.39, 0.29) is 11.8 Å². The molecule has 5 rings (SSSR count). The van der Waals surface area contributed by atoms with Gasteiger partial charge in [-0.3, -0.25) is 4.79 Å². The van der Waals surface area contributed by atoms with Crippen LogP contribution in [0.3, 0.4) is 0 Å². The predicted octanol–water partition coefficient (Wildman–Crippen LogP) is 4.95. The van der Waals surface area contributed by atoms with Gasteiger partial charge in [0.15, 0.2) is 0 Å². The van der Waals surface area contributed by atoms with Gasteiger partial charge in [0.25, 0.3) is 5.89 Å². The van der Waals surface area contributed by atoms with Crippen LogP contribution < -0.4 is 0 Å². The SMILES string of the molecule is O=C(Cc1ccc(-c2ccccc2)cc1)N1CCC(c2nnc(-c3ccoc3)o2)CC1. The molecule has 4 aromatic rings. The van der Waals surface area contributed by atoms with Gasteiger partial charge in [0.1, 0.15) is 6.26 Å².